The van der Waals surface area contributed by atoms with Gasteiger partial charge in [-0.05, 0) is 49.4 Å². The molecule has 2 aromatic heterocycles. The van der Waals surface area contributed by atoms with Crippen molar-refractivity contribution < 1.29 is 18.0 Å². The maximum atomic E-state index is 12.6. The molecular weight excluding hydrogens is 373 g/mol. The molecule has 0 aliphatic heterocycles. The highest BCUT2D eigenvalue weighted by Gasteiger charge is 2.30. The second kappa shape index (κ2) is 7.63. The summed E-state index contributed by atoms with van der Waals surface area (Å²) >= 11 is 0. The first-order chi connectivity index (χ1) is 13.3. The van der Waals surface area contributed by atoms with Crippen LogP contribution in [-0.4, -0.2) is 20.7 Å². The largest absolute Gasteiger partial charge is 0.416 e. The molecule has 0 saturated carbocycles. The van der Waals surface area contributed by atoms with Gasteiger partial charge in [0.2, 0.25) is 5.91 Å². The number of carbonyl (C=O) groups is 1. The zero-order valence-electron chi connectivity index (χ0n) is 14.6. The second-order valence-corrected chi connectivity index (χ2v) is 5.98. The Kier molecular flexibility index (Phi) is 5.25. The van der Waals surface area contributed by atoms with Crippen LogP contribution in [0.15, 0.2) is 65.7 Å². The summed E-state index contributed by atoms with van der Waals surface area (Å²) in [5.74, 6) is -0.582. The van der Waals surface area contributed by atoms with E-state index in [1.807, 2.05) is 0 Å². The number of benzene rings is 1. The molecule has 144 valence electrons. The molecule has 9 heteroatoms. The van der Waals surface area contributed by atoms with Crippen LogP contribution in [0.3, 0.4) is 0 Å². The molecule has 0 aliphatic rings. The van der Waals surface area contributed by atoms with E-state index in [0.29, 0.717) is 5.69 Å². The van der Waals surface area contributed by atoms with Crippen LogP contribution < -0.4 is 10.9 Å². The predicted molar refractivity (Wildman–Crippen MR) is 96.5 cm³/mol. The van der Waals surface area contributed by atoms with E-state index in [1.165, 1.54) is 19.1 Å². The van der Waals surface area contributed by atoms with Crippen molar-refractivity contribution in [3.8, 4) is 11.3 Å². The van der Waals surface area contributed by atoms with Crippen LogP contribution in [0.5, 0.6) is 0 Å². The molecule has 0 saturated heterocycles. The molecule has 3 rings (SSSR count). The quantitative estimate of drug-likeness (QED) is 0.742. The first kappa shape index (κ1) is 19.3. The maximum absolute atomic E-state index is 12.6. The minimum absolute atomic E-state index is 0.184. The molecule has 0 bridgehead atoms. The number of alkyl halides is 3. The lowest BCUT2D eigenvalue weighted by molar-refractivity contribution is -0.137. The van der Waals surface area contributed by atoms with Crippen LogP contribution in [0.2, 0.25) is 0 Å². The summed E-state index contributed by atoms with van der Waals surface area (Å²) in [6, 6.07) is 9.32. The van der Waals surface area contributed by atoms with Crippen molar-refractivity contribution in [1.82, 2.24) is 14.8 Å². The molecule has 0 fully saturated rings. The first-order valence-corrected chi connectivity index (χ1v) is 8.24. The first-order valence-electron chi connectivity index (χ1n) is 8.24. The number of aromatic nitrogens is 3. The average Bonchev–Trinajstić information content (AvgIpc) is 2.68. The molecule has 0 aliphatic carbocycles. The number of hydrogen-bond donors (Lipinski definition) is 1. The highest BCUT2D eigenvalue weighted by molar-refractivity contribution is 5.93. The highest BCUT2D eigenvalue weighted by atomic mass is 19.4. The zero-order valence-corrected chi connectivity index (χ0v) is 14.6. The van der Waals surface area contributed by atoms with Crippen LogP contribution in [0.25, 0.3) is 11.3 Å². The van der Waals surface area contributed by atoms with Gasteiger partial charge in [-0.1, -0.05) is 0 Å². The van der Waals surface area contributed by atoms with Gasteiger partial charge in [0.15, 0.2) is 0 Å². The monoisotopic (exact) mass is 388 g/mol. The van der Waals surface area contributed by atoms with Crippen LogP contribution in [0.1, 0.15) is 18.5 Å². The lowest BCUT2D eigenvalue weighted by Crippen LogP contribution is -2.33. The smallest absolute Gasteiger partial charge is 0.324 e. The number of nitrogens with zero attached hydrogens (tertiary/aromatic N) is 3. The molecule has 1 N–H and O–H groups in total. The normalized spacial score (nSPS) is 12.4. The third-order valence-corrected chi connectivity index (χ3v) is 4.03. The Bertz CT molecular complexity index is 1030. The summed E-state index contributed by atoms with van der Waals surface area (Å²) in [4.78, 5) is 28.5. The fraction of sp³-hybridized carbons (Fsp3) is 0.158. The van der Waals surface area contributed by atoms with E-state index < -0.39 is 29.2 Å². The fourth-order valence-corrected chi connectivity index (χ4v) is 2.48. The molecule has 1 unspecified atom stereocenters. The van der Waals surface area contributed by atoms with E-state index >= 15 is 0 Å². The van der Waals surface area contributed by atoms with Crippen molar-refractivity contribution in [2.45, 2.75) is 19.1 Å². The summed E-state index contributed by atoms with van der Waals surface area (Å²) in [5.41, 5.74) is 0.0906. The number of hydrogen-bond acceptors (Lipinski definition) is 4. The minimum atomic E-state index is -4.46. The summed E-state index contributed by atoms with van der Waals surface area (Å²) in [5, 5.41) is 6.71. The number of carbonyl (C=O) groups excluding carboxylic acids is 1. The van der Waals surface area contributed by atoms with Crippen LogP contribution >= 0.6 is 0 Å². The summed E-state index contributed by atoms with van der Waals surface area (Å²) in [7, 11) is 0. The molecule has 28 heavy (non-hydrogen) atoms. The van der Waals surface area contributed by atoms with E-state index in [4.69, 9.17) is 0 Å². The van der Waals surface area contributed by atoms with Gasteiger partial charge in [-0.15, -0.1) is 0 Å². The topological polar surface area (TPSA) is 76.9 Å². The number of halogens is 3. The Morgan fingerprint density at radius 1 is 1.04 bits per heavy atom. The fourth-order valence-electron chi connectivity index (χ4n) is 2.48. The Morgan fingerprint density at radius 3 is 2.29 bits per heavy atom. The Labute approximate surface area is 157 Å². The van der Waals surface area contributed by atoms with E-state index in [9.17, 15) is 22.8 Å². The SMILES string of the molecule is CC(C(=O)Nc1ccc(C(F)(F)F)cc1)n1nc(-c2ccncc2)ccc1=O. The van der Waals surface area contributed by atoms with Gasteiger partial charge in [0.1, 0.15) is 6.04 Å². The number of pyridine rings is 1. The molecule has 1 aromatic carbocycles. The maximum Gasteiger partial charge on any atom is 0.416 e. The van der Waals surface area contributed by atoms with Crippen LogP contribution in [0.4, 0.5) is 18.9 Å². The number of anilines is 1. The average molecular weight is 388 g/mol. The summed E-state index contributed by atoms with van der Waals surface area (Å²) in [6.45, 7) is 1.48. The van der Waals surface area contributed by atoms with Crippen molar-refractivity contribution in [3.05, 3.63) is 76.8 Å². The van der Waals surface area contributed by atoms with Crippen molar-refractivity contribution in [1.29, 1.82) is 0 Å². The highest BCUT2D eigenvalue weighted by Crippen LogP contribution is 2.29. The number of amides is 1. The standard InChI is InChI=1S/C19H15F3N4O2/c1-12(18(28)24-15-4-2-14(3-5-15)19(20,21)22)26-17(27)7-6-16(25-26)13-8-10-23-11-9-13/h2-12H,1H3,(H,24,28). The van der Waals surface area contributed by atoms with Crippen molar-refractivity contribution in [3.63, 3.8) is 0 Å². The van der Waals surface area contributed by atoms with Gasteiger partial charge in [-0.2, -0.15) is 18.3 Å². The van der Waals surface area contributed by atoms with Gasteiger partial charge >= 0.3 is 6.18 Å². The lowest BCUT2D eigenvalue weighted by Gasteiger charge is -2.15. The Balaban J connectivity index is 1.81. The number of rotatable bonds is 4. The predicted octanol–water partition coefficient (Wildman–Crippen LogP) is 3.52. The summed E-state index contributed by atoms with van der Waals surface area (Å²) < 4.78 is 38.9. The molecule has 3 aromatic rings. The molecule has 0 radical (unpaired) electrons. The molecule has 1 amide bonds. The van der Waals surface area contributed by atoms with Gasteiger partial charge in [0.25, 0.3) is 5.56 Å². The molecule has 6 nitrogen and oxygen atoms in total. The Hall–Kier alpha value is -3.49. The molecule has 1 atom stereocenters. The van der Waals surface area contributed by atoms with Crippen LogP contribution in [0, 0.1) is 0 Å². The third kappa shape index (κ3) is 4.25. The van der Waals surface area contributed by atoms with Gasteiger partial charge in [0, 0.05) is 29.7 Å². The molecule has 0 spiro atoms. The van der Waals surface area contributed by atoms with E-state index in [2.05, 4.69) is 15.4 Å². The van der Waals surface area contributed by atoms with E-state index in [-0.39, 0.29) is 5.69 Å². The van der Waals surface area contributed by atoms with Gasteiger partial charge in [-0.25, -0.2) is 4.68 Å². The van der Waals surface area contributed by atoms with Crippen molar-refractivity contribution >= 4 is 11.6 Å². The number of nitrogens with one attached hydrogen (secondary N) is 1. The Morgan fingerprint density at radius 2 is 1.68 bits per heavy atom. The summed E-state index contributed by atoms with van der Waals surface area (Å²) in [6.07, 6.45) is -1.30. The van der Waals surface area contributed by atoms with E-state index in [0.717, 1.165) is 34.5 Å². The lowest BCUT2D eigenvalue weighted by atomic mass is 10.2. The zero-order chi connectivity index (χ0) is 20.3. The van der Waals surface area contributed by atoms with Gasteiger partial charge in [0.05, 0.1) is 11.3 Å². The minimum Gasteiger partial charge on any atom is -0.324 e. The second-order valence-electron chi connectivity index (χ2n) is 5.98. The van der Waals surface area contributed by atoms with Crippen molar-refractivity contribution in [2.75, 3.05) is 5.32 Å². The molecular formula is C19H15F3N4O2. The van der Waals surface area contributed by atoms with E-state index in [1.54, 1.807) is 24.5 Å². The van der Waals surface area contributed by atoms with Gasteiger partial charge in [-0.3, -0.25) is 14.6 Å². The van der Waals surface area contributed by atoms with Crippen LogP contribution in [-0.2, 0) is 11.0 Å². The third-order valence-electron chi connectivity index (χ3n) is 4.03. The van der Waals surface area contributed by atoms with Crippen molar-refractivity contribution in [2.24, 2.45) is 0 Å². The van der Waals surface area contributed by atoms with Gasteiger partial charge < -0.3 is 5.32 Å². The molecule has 2 heterocycles.